The molecule has 0 unspecified atom stereocenters. The Morgan fingerprint density at radius 3 is 0.683 bits per heavy atom. The maximum atomic E-state index is 5.32. The van der Waals surface area contributed by atoms with Gasteiger partial charge in [-0.25, -0.2) is 15.0 Å². The van der Waals surface area contributed by atoms with E-state index in [2.05, 4.69) is 523 Å². The van der Waals surface area contributed by atoms with E-state index in [0.717, 1.165) is 101 Å². The van der Waals surface area contributed by atoms with Crippen molar-refractivity contribution in [1.82, 2.24) is 28.7 Å². The van der Waals surface area contributed by atoms with Crippen LogP contribution in [0.25, 0.3) is 268 Å². The molecule has 0 N–H and O–H groups in total. The van der Waals surface area contributed by atoms with Gasteiger partial charge in [0, 0.05) is 103 Å². The van der Waals surface area contributed by atoms with E-state index in [1.165, 1.54) is 167 Å². The van der Waals surface area contributed by atoms with Gasteiger partial charge in [0.15, 0.2) is 0 Å². The number of benzene rings is 22. The number of hydrogen-bond donors (Lipinski definition) is 0. The molecule has 0 atom stereocenters. The Morgan fingerprint density at radius 2 is 0.366 bits per heavy atom. The van der Waals surface area contributed by atoms with Gasteiger partial charge in [-0.1, -0.05) is 400 Å². The lowest BCUT2D eigenvalue weighted by Crippen LogP contribution is -1.96. The molecule has 6 nitrogen and oxygen atoms in total. The number of hydrogen-bond acceptors (Lipinski definition) is 4. The highest BCUT2D eigenvalue weighted by Crippen LogP contribution is 2.48. The molecule has 0 spiro atoms. The summed E-state index contributed by atoms with van der Waals surface area (Å²) < 4.78 is 9.85. The maximum absolute atomic E-state index is 5.32. The number of fused-ring (bicyclic) bond motifs is 24. The zero-order valence-corrected chi connectivity index (χ0v) is 78.1. The number of aromatic nitrogens is 6. The van der Waals surface area contributed by atoms with Crippen LogP contribution in [0.1, 0.15) is 0 Å². The van der Waals surface area contributed by atoms with Gasteiger partial charge in [0.1, 0.15) is 0 Å². The minimum Gasteiger partial charge on any atom is -0.309 e. The monoisotopic (exact) mass is 1820 g/mol. The van der Waals surface area contributed by atoms with E-state index >= 15 is 0 Å². The molecule has 0 aliphatic heterocycles. The molecule has 0 radical (unpaired) electrons. The molecule has 0 fully saturated rings. The van der Waals surface area contributed by atoms with E-state index in [1.54, 1.807) is 0 Å². The van der Waals surface area contributed by atoms with Crippen molar-refractivity contribution in [3.05, 3.63) is 522 Å². The van der Waals surface area contributed by atoms with Gasteiger partial charge in [-0.15, -0.1) is 11.3 Å². The third kappa shape index (κ3) is 14.6. The summed E-state index contributed by atoms with van der Waals surface area (Å²) in [5.74, 6) is 0. The lowest BCUT2D eigenvalue weighted by atomic mass is 9.99. The molecule has 29 aromatic rings. The molecule has 7 heterocycles. The molecule has 0 saturated carbocycles. The van der Waals surface area contributed by atoms with E-state index in [-0.39, 0.29) is 0 Å². The second kappa shape index (κ2) is 34.9. The number of thiophene rings is 1. The fraction of sp³-hybridized carbons (Fsp3) is 0. The number of nitrogens with zero attached hydrogens (tertiary/aromatic N) is 6. The molecule has 142 heavy (non-hydrogen) atoms. The standard InChI is InChI=1S/C49H30N2S.2C43H28N2/c1-2-10-31(11-3-1)36-28-42(50-43(29-36)35-20-25-41-40-16-8-9-17-46(40)52-47(41)30-35)34-18-23-37(24-19-34)51-44-26-21-32-12-4-6-14-38(32)48(44)49-39-15-7-5-13-33(39)22-27-45(49)51;1-3-12-29(13-4-1)34-27-38(32-16-5-2-6-17-32)44-39(28-34)33-18-11-19-35(26-33)45-40-24-22-30-14-7-9-20-36(30)42(40)43-37-21-10-8-15-31(37)23-25-41(43)45;1-3-11-29(12-4-1)34-27-38(32-15-5-2-6-16-32)44-39(28-34)33-19-23-35(24-20-33)45-40-25-21-30-13-7-9-17-36(30)42(40)43-37-18-10-8-14-31(37)22-26-41(43)45/h1-30H;2*1-28H. The van der Waals surface area contributed by atoms with Crippen molar-refractivity contribution in [2.45, 2.75) is 0 Å². The van der Waals surface area contributed by atoms with Gasteiger partial charge in [0.2, 0.25) is 0 Å². The third-order valence-electron chi connectivity index (χ3n) is 28.5. The predicted molar refractivity (Wildman–Crippen MR) is 603 cm³/mol. The van der Waals surface area contributed by atoms with Gasteiger partial charge >= 0.3 is 0 Å². The van der Waals surface area contributed by atoms with Crippen LogP contribution >= 0.6 is 11.3 Å². The fourth-order valence-electron chi connectivity index (χ4n) is 21.8. The molecule has 7 aromatic heterocycles. The van der Waals surface area contributed by atoms with Crippen LogP contribution in [0, 0.1) is 0 Å². The first-order valence-electron chi connectivity index (χ1n) is 48.5. The minimum atomic E-state index is 0.953. The molecular weight excluding hydrogens is 1740 g/mol. The van der Waals surface area contributed by atoms with Gasteiger partial charge in [-0.3, -0.25) is 0 Å². The third-order valence-corrected chi connectivity index (χ3v) is 29.6. The summed E-state index contributed by atoms with van der Waals surface area (Å²) in [6, 6.07) is 188. The second-order valence-corrected chi connectivity index (χ2v) is 37.8. The molecule has 0 amide bonds. The van der Waals surface area contributed by atoms with Crippen LogP contribution in [0.15, 0.2) is 522 Å². The Hall–Kier alpha value is -18.5. The number of pyridine rings is 3. The average molecular weight is 1820 g/mol. The minimum absolute atomic E-state index is 0.953. The zero-order chi connectivity index (χ0) is 93.7. The smallest absolute Gasteiger partial charge is 0.0716 e. The van der Waals surface area contributed by atoms with Crippen LogP contribution in [0.5, 0.6) is 0 Å². The van der Waals surface area contributed by atoms with Gasteiger partial charge in [-0.05, 0) is 219 Å². The summed E-state index contributed by atoms with van der Waals surface area (Å²) in [5.41, 5.74) is 30.0. The molecule has 662 valence electrons. The average Bonchev–Trinajstić information content (AvgIpc) is 1.57. The lowest BCUT2D eigenvalue weighted by molar-refractivity contribution is 1.18. The SMILES string of the molecule is c1ccc(-c2cc(-c3ccc(-n4c5ccc6ccccc6c5c5c6ccccc6ccc54)cc3)nc(-c3ccc4c(c3)sc3ccccc34)c2)cc1.c1ccc(-c2cc(-c3ccccc3)nc(-c3ccc(-n4c5ccc6ccccc6c5c5c6ccccc6ccc54)cc3)c2)cc1.c1ccc(-c2cc(-c3ccccc3)nc(-c3cccc(-n4c5ccc6ccccc6c5c5c6ccccc6ccc54)c3)c2)cc1. The lowest BCUT2D eigenvalue weighted by Gasteiger charge is -2.13. The summed E-state index contributed by atoms with van der Waals surface area (Å²) in [6.45, 7) is 0. The molecule has 0 bridgehead atoms. The van der Waals surface area contributed by atoms with Crippen LogP contribution < -0.4 is 0 Å². The normalized spacial score (nSPS) is 11.7. The first kappa shape index (κ1) is 82.9. The maximum Gasteiger partial charge on any atom is 0.0716 e. The van der Waals surface area contributed by atoms with Crippen molar-refractivity contribution in [3.63, 3.8) is 0 Å². The van der Waals surface area contributed by atoms with Gasteiger partial charge in [0.25, 0.3) is 0 Å². The van der Waals surface area contributed by atoms with Crippen molar-refractivity contribution in [3.8, 4) is 118 Å². The fourth-order valence-corrected chi connectivity index (χ4v) is 23.0. The van der Waals surface area contributed by atoms with Crippen molar-refractivity contribution in [2.24, 2.45) is 0 Å². The molecule has 0 saturated heterocycles. The van der Waals surface area contributed by atoms with Gasteiger partial charge in [-0.2, -0.15) is 0 Å². The molecule has 0 aliphatic carbocycles. The van der Waals surface area contributed by atoms with Gasteiger partial charge < -0.3 is 13.7 Å². The van der Waals surface area contributed by atoms with Crippen LogP contribution in [-0.2, 0) is 0 Å². The summed E-state index contributed by atoms with van der Waals surface area (Å²) in [6.07, 6.45) is 0. The highest BCUT2D eigenvalue weighted by molar-refractivity contribution is 7.25. The summed E-state index contributed by atoms with van der Waals surface area (Å²) in [7, 11) is 0. The predicted octanol–water partition coefficient (Wildman–Crippen LogP) is 36.8. The van der Waals surface area contributed by atoms with E-state index in [1.807, 2.05) is 23.5 Å². The molecule has 29 rings (SSSR count). The van der Waals surface area contributed by atoms with Crippen molar-refractivity contribution in [1.29, 1.82) is 0 Å². The Balaban J connectivity index is 0.000000107. The van der Waals surface area contributed by atoms with Crippen molar-refractivity contribution < 1.29 is 0 Å². The Labute approximate surface area is 823 Å². The Bertz CT molecular complexity index is 9630. The highest BCUT2D eigenvalue weighted by atomic mass is 32.1. The van der Waals surface area contributed by atoms with E-state index in [9.17, 15) is 0 Å². The molecule has 22 aromatic carbocycles. The quantitative estimate of drug-likeness (QED) is 0.122. The first-order valence-corrected chi connectivity index (χ1v) is 49.3. The highest BCUT2D eigenvalue weighted by Gasteiger charge is 2.25. The first-order chi connectivity index (χ1) is 70.4. The van der Waals surface area contributed by atoms with Crippen LogP contribution in [0.2, 0.25) is 0 Å². The Morgan fingerprint density at radius 1 is 0.134 bits per heavy atom. The second-order valence-electron chi connectivity index (χ2n) is 36.8. The van der Waals surface area contributed by atoms with Gasteiger partial charge in [0.05, 0.1) is 67.3 Å². The molecule has 7 heteroatoms. The van der Waals surface area contributed by atoms with E-state index < -0.39 is 0 Å². The zero-order valence-electron chi connectivity index (χ0n) is 77.2. The van der Waals surface area contributed by atoms with Crippen molar-refractivity contribution >= 4 is 162 Å². The van der Waals surface area contributed by atoms with Crippen LogP contribution in [0.4, 0.5) is 0 Å². The van der Waals surface area contributed by atoms with Crippen molar-refractivity contribution in [2.75, 3.05) is 0 Å². The van der Waals surface area contributed by atoms with Crippen LogP contribution in [-0.4, -0.2) is 28.7 Å². The summed E-state index contributed by atoms with van der Waals surface area (Å²) >= 11 is 1.84. The Kier molecular flexibility index (Phi) is 20.4. The number of rotatable bonds is 12. The van der Waals surface area contributed by atoms with Crippen LogP contribution in [0.3, 0.4) is 0 Å². The van der Waals surface area contributed by atoms with E-state index in [0.29, 0.717) is 0 Å². The summed E-state index contributed by atoms with van der Waals surface area (Å²) in [4.78, 5) is 15.7. The largest absolute Gasteiger partial charge is 0.309 e. The summed E-state index contributed by atoms with van der Waals surface area (Å²) in [5, 5.41) is 25.6. The topological polar surface area (TPSA) is 53.5 Å². The van der Waals surface area contributed by atoms with E-state index in [4.69, 9.17) is 15.0 Å². The molecule has 0 aliphatic rings. The molecular formula is C135H86N6S.